The van der Waals surface area contributed by atoms with E-state index >= 15 is 0 Å². The van der Waals surface area contributed by atoms with E-state index in [1.54, 1.807) is 0 Å². The third-order valence-electron chi connectivity index (χ3n) is 4.92. The van der Waals surface area contributed by atoms with Crippen LogP contribution in [-0.4, -0.2) is 47.5 Å². The van der Waals surface area contributed by atoms with Crippen molar-refractivity contribution in [3.63, 3.8) is 0 Å². The Morgan fingerprint density at radius 2 is 2.15 bits per heavy atom. The second-order valence-corrected chi connectivity index (χ2v) is 6.63. The highest BCUT2D eigenvalue weighted by Gasteiger charge is 2.28. The van der Waals surface area contributed by atoms with Crippen LogP contribution in [0.5, 0.6) is 0 Å². The Morgan fingerprint density at radius 3 is 2.85 bits per heavy atom. The van der Waals surface area contributed by atoms with Crippen LogP contribution in [0.3, 0.4) is 0 Å². The van der Waals surface area contributed by atoms with Gasteiger partial charge in [0.1, 0.15) is 5.76 Å². The van der Waals surface area contributed by atoms with Crippen LogP contribution in [0.1, 0.15) is 43.8 Å². The maximum Gasteiger partial charge on any atom is 0.208 e. The summed E-state index contributed by atoms with van der Waals surface area (Å²) in [5.74, 6) is 2.72. The van der Waals surface area contributed by atoms with Gasteiger partial charge in [0.2, 0.25) is 5.89 Å². The van der Waals surface area contributed by atoms with Gasteiger partial charge in [-0.2, -0.15) is 0 Å². The van der Waals surface area contributed by atoms with Gasteiger partial charge in [0.15, 0.2) is 0 Å². The molecular formula is C16H27N3O. The standard InChI is InChI=1S/C16H27N3O/c1-13-9-17-16(20-13)12-18(2)15-7-8-19(11-15)10-14-5-3-4-6-14/h9,14-15H,3-8,10-12H2,1-2H3. The van der Waals surface area contributed by atoms with Gasteiger partial charge in [0.25, 0.3) is 0 Å². The molecular weight excluding hydrogens is 250 g/mol. The van der Waals surface area contributed by atoms with Crippen molar-refractivity contribution in [3.05, 3.63) is 17.8 Å². The van der Waals surface area contributed by atoms with Crippen molar-refractivity contribution in [2.45, 2.75) is 51.6 Å². The number of aromatic nitrogens is 1. The van der Waals surface area contributed by atoms with Gasteiger partial charge < -0.3 is 9.32 Å². The first kappa shape index (κ1) is 14.1. The van der Waals surface area contributed by atoms with Gasteiger partial charge in [-0.25, -0.2) is 4.98 Å². The summed E-state index contributed by atoms with van der Waals surface area (Å²) in [6.07, 6.45) is 8.89. The molecule has 112 valence electrons. The molecule has 1 aliphatic heterocycles. The molecule has 1 aromatic heterocycles. The van der Waals surface area contributed by atoms with Gasteiger partial charge in [-0.15, -0.1) is 0 Å². The smallest absolute Gasteiger partial charge is 0.208 e. The molecule has 0 bridgehead atoms. The second kappa shape index (κ2) is 6.27. The fourth-order valence-electron chi connectivity index (χ4n) is 3.71. The van der Waals surface area contributed by atoms with E-state index in [0.717, 1.165) is 24.1 Å². The number of aryl methyl sites for hydroxylation is 1. The van der Waals surface area contributed by atoms with E-state index in [9.17, 15) is 0 Å². The molecule has 2 heterocycles. The largest absolute Gasteiger partial charge is 0.445 e. The first-order valence-electron chi connectivity index (χ1n) is 8.04. The second-order valence-electron chi connectivity index (χ2n) is 6.63. The molecule has 1 aliphatic carbocycles. The average Bonchev–Trinajstić information content (AvgIpc) is 3.12. The van der Waals surface area contributed by atoms with Crippen molar-refractivity contribution in [1.29, 1.82) is 0 Å². The number of hydrogen-bond acceptors (Lipinski definition) is 4. The van der Waals surface area contributed by atoms with E-state index in [1.807, 2.05) is 13.1 Å². The maximum atomic E-state index is 5.58. The Hall–Kier alpha value is -0.870. The lowest BCUT2D eigenvalue weighted by Crippen LogP contribution is -2.35. The summed E-state index contributed by atoms with van der Waals surface area (Å²) in [6.45, 7) is 6.58. The molecule has 20 heavy (non-hydrogen) atoms. The summed E-state index contributed by atoms with van der Waals surface area (Å²) >= 11 is 0. The summed E-state index contributed by atoms with van der Waals surface area (Å²) in [6, 6.07) is 0.656. The Morgan fingerprint density at radius 1 is 1.35 bits per heavy atom. The predicted octanol–water partition coefficient (Wildman–Crippen LogP) is 2.68. The Balaban J connectivity index is 1.46. The number of hydrogen-bond donors (Lipinski definition) is 0. The molecule has 1 atom stereocenters. The molecule has 2 aliphatic rings. The zero-order valence-corrected chi connectivity index (χ0v) is 12.8. The predicted molar refractivity (Wildman–Crippen MR) is 79.5 cm³/mol. The first-order chi connectivity index (χ1) is 9.70. The molecule has 0 radical (unpaired) electrons. The third-order valence-corrected chi connectivity index (χ3v) is 4.92. The lowest BCUT2D eigenvalue weighted by molar-refractivity contribution is 0.198. The average molecular weight is 277 g/mol. The van der Waals surface area contributed by atoms with Gasteiger partial charge in [-0.1, -0.05) is 12.8 Å². The van der Waals surface area contributed by atoms with Crippen molar-refractivity contribution in [3.8, 4) is 0 Å². The molecule has 1 aromatic rings. The molecule has 3 rings (SSSR count). The topological polar surface area (TPSA) is 32.5 Å². The molecule has 1 unspecified atom stereocenters. The number of nitrogens with zero attached hydrogens (tertiary/aromatic N) is 3. The lowest BCUT2D eigenvalue weighted by atomic mass is 10.1. The Kier molecular flexibility index (Phi) is 4.41. The molecule has 0 aromatic carbocycles. The highest BCUT2D eigenvalue weighted by molar-refractivity contribution is 4.92. The van der Waals surface area contributed by atoms with Crippen LogP contribution >= 0.6 is 0 Å². The Labute approximate surface area is 122 Å². The SMILES string of the molecule is Cc1cnc(CN(C)C2CCN(CC3CCCC3)C2)o1. The highest BCUT2D eigenvalue weighted by atomic mass is 16.4. The van der Waals surface area contributed by atoms with Crippen molar-refractivity contribution in [2.75, 3.05) is 26.7 Å². The Bertz CT molecular complexity index is 425. The normalized spacial score (nSPS) is 25.1. The maximum absolute atomic E-state index is 5.58. The van der Waals surface area contributed by atoms with Crippen LogP contribution in [-0.2, 0) is 6.54 Å². The fraction of sp³-hybridized carbons (Fsp3) is 0.812. The van der Waals surface area contributed by atoms with E-state index in [-0.39, 0.29) is 0 Å². The number of rotatable bonds is 5. The van der Waals surface area contributed by atoms with Crippen LogP contribution in [0, 0.1) is 12.8 Å². The van der Waals surface area contributed by atoms with Gasteiger partial charge in [0, 0.05) is 19.1 Å². The van der Waals surface area contributed by atoms with Crippen LogP contribution < -0.4 is 0 Å². The van der Waals surface area contributed by atoms with Gasteiger partial charge in [0.05, 0.1) is 12.7 Å². The number of likely N-dealkylation sites (N-methyl/N-ethyl adjacent to an activating group) is 1. The minimum Gasteiger partial charge on any atom is -0.445 e. The molecule has 0 N–H and O–H groups in total. The fourth-order valence-corrected chi connectivity index (χ4v) is 3.71. The molecule has 2 fully saturated rings. The van der Waals surface area contributed by atoms with Gasteiger partial charge >= 0.3 is 0 Å². The zero-order valence-electron chi connectivity index (χ0n) is 12.8. The van der Waals surface area contributed by atoms with Crippen molar-refractivity contribution >= 4 is 0 Å². The summed E-state index contributed by atoms with van der Waals surface area (Å²) in [5.41, 5.74) is 0. The van der Waals surface area contributed by atoms with Crippen LogP contribution in [0.15, 0.2) is 10.6 Å². The van der Waals surface area contributed by atoms with Crippen molar-refractivity contribution in [2.24, 2.45) is 5.92 Å². The lowest BCUT2D eigenvalue weighted by Gasteiger charge is -2.24. The molecule has 4 heteroatoms. The van der Waals surface area contributed by atoms with E-state index in [0.29, 0.717) is 6.04 Å². The van der Waals surface area contributed by atoms with Crippen molar-refractivity contribution in [1.82, 2.24) is 14.8 Å². The van der Waals surface area contributed by atoms with Crippen LogP contribution in [0.4, 0.5) is 0 Å². The van der Waals surface area contributed by atoms with E-state index in [2.05, 4.69) is 21.8 Å². The minimum atomic E-state index is 0.656. The summed E-state index contributed by atoms with van der Waals surface area (Å²) in [7, 11) is 2.20. The molecule has 4 nitrogen and oxygen atoms in total. The summed E-state index contributed by atoms with van der Waals surface area (Å²) in [4.78, 5) is 9.37. The summed E-state index contributed by atoms with van der Waals surface area (Å²) < 4.78 is 5.58. The van der Waals surface area contributed by atoms with E-state index < -0.39 is 0 Å². The minimum absolute atomic E-state index is 0.656. The first-order valence-corrected chi connectivity index (χ1v) is 8.04. The monoisotopic (exact) mass is 277 g/mol. The van der Waals surface area contributed by atoms with Crippen molar-refractivity contribution < 1.29 is 4.42 Å². The zero-order chi connectivity index (χ0) is 13.9. The van der Waals surface area contributed by atoms with E-state index in [4.69, 9.17) is 4.42 Å². The van der Waals surface area contributed by atoms with Crippen LogP contribution in [0.25, 0.3) is 0 Å². The molecule has 0 amide bonds. The van der Waals surface area contributed by atoms with Crippen LogP contribution in [0.2, 0.25) is 0 Å². The van der Waals surface area contributed by atoms with E-state index in [1.165, 1.54) is 51.7 Å². The third kappa shape index (κ3) is 3.41. The van der Waals surface area contributed by atoms with Gasteiger partial charge in [-0.05, 0) is 45.7 Å². The molecule has 1 saturated carbocycles. The quantitative estimate of drug-likeness (QED) is 0.828. The number of oxazole rings is 1. The highest BCUT2D eigenvalue weighted by Crippen LogP contribution is 2.27. The molecule has 0 spiro atoms. The molecule has 1 saturated heterocycles. The van der Waals surface area contributed by atoms with Gasteiger partial charge in [-0.3, -0.25) is 4.90 Å². The summed E-state index contributed by atoms with van der Waals surface area (Å²) in [5, 5.41) is 0. The number of likely N-dealkylation sites (tertiary alicyclic amines) is 1.